The second-order valence-electron chi connectivity index (χ2n) is 13.9. The molecule has 0 fully saturated rings. The topological polar surface area (TPSA) is 17.8 Å². The van der Waals surface area contributed by atoms with Crippen LogP contribution in [-0.4, -0.2) is 9.55 Å². The van der Waals surface area contributed by atoms with Gasteiger partial charge in [-0.25, -0.2) is 4.98 Å². The average Bonchev–Trinajstić information content (AvgIpc) is 3.62. The summed E-state index contributed by atoms with van der Waals surface area (Å²) in [5.74, 6) is 0.936. The summed E-state index contributed by atoms with van der Waals surface area (Å²) in [7, 11) is 0. The molecule has 0 saturated heterocycles. The summed E-state index contributed by atoms with van der Waals surface area (Å²) in [5.41, 5.74) is 9.20. The van der Waals surface area contributed by atoms with Crippen molar-refractivity contribution in [2.45, 2.75) is 0 Å². The number of fused-ring (bicyclic) bond motifs is 8. The molecule has 0 radical (unpaired) electrons. The maximum Gasteiger partial charge on any atom is 0.145 e. The Hall–Kier alpha value is -7.03. The van der Waals surface area contributed by atoms with Gasteiger partial charge >= 0.3 is 0 Å². The van der Waals surface area contributed by atoms with Crippen LogP contribution in [0.1, 0.15) is 0 Å². The van der Waals surface area contributed by atoms with Gasteiger partial charge in [0.15, 0.2) is 0 Å². The van der Waals surface area contributed by atoms with E-state index in [0.717, 1.165) is 28.1 Å². The smallest absolute Gasteiger partial charge is 0.145 e. The molecule has 0 saturated carbocycles. The van der Waals surface area contributed by atoms with Crippen LogP contribution in [0.15, 0.2) is 194 Å². The van der Waals surface area contributed by atoms with E-state index in [-0.39, 0.29) is 0 Å². The van der Waals surface area contributed by atoms with Crippen molar-refractivity contribution in [2.75, 3.05) is 0 Å². The number of nitrogens with zero attached hydrogens (tertiary/aromatic N) is 2. The fourth-order valence-electron chi connectivity index (χ4n) is 8.58. The first-order valence-electron chi connectivity index (χ1n) is 18.2. The maximum atomic E-state index is 5.13. The van der Waals surface area contributed by atoms with Crippen LogP contribution in [0.5, 0.6) is 0 Å². The zero-order valence-electron chi connectivity index (χ0n) is 28.9. The molecule has 0 atom stereocenters. The lowest BCUT2D eigenvalue weighted by Crippen LogP contribution is -1.97. The number of benzene rings is 10. The summed E-state index contributed by atoms with van der Waals surface area (Å²) < 4.78 is 2.26. The molecule has 53 heavy (non-hydrogen) atoms. The molecule has 0 N–H and O–H groups in total. The van der Waals surface area contributed by atoms with Gasteiger partial charge in [0, 0.05) is 11.3 Å². The molecule has 2 nitrogen and oxygen atoms in total. The van der Waals surface area contributed by atoms with E-state index in [1.807, 2.05) is 0 Å². The van der Waals surface area contributed by atoms with Crippen molar-refractivity contribution in [3.05, 3.63) is 194 Å². The first-order chi connectivity index (χ1) is 26.3. The van der Waals surface area contributed by atoms with Gasteiger partial charge < -0.3 is 0 Å². The number of para-hydroxylation sites is 3. The van der Waals surface area contributed by atoms with Crippen LogP contribution in [0.25, 0.3) is 104 Å². The summed E-state index contributed by atoms with van der Waals surface area (Å²) in [5, 5.41) is 12.7. The number of aromatic nitrogens is 2. The van der Waals surface area contributed by atoms with Crippen molar-refractivity contribution < 1.29 is 0 Å². The monoisotopic (exact) mass is 672 g/mol. The van der Waals surface area contributed by atoms with Crippen molar-refractivity contribution >= 4 is 64.9 Å². The van der Waals surface area contributed by atoms with Gasteiger partial charge in [-0.05, 0) is 106 Å². The number of hydrogen-bond donors (Lipinski definition) is 0. The standard InChI is InChI=1S/C51H32N2/c1-2-13-39(14-3-1)53-47-21-11-10-20-46(47)52-51(53)37-29-27-36(28-30-37)49-41-16-6-8-18-43(41)50(44-19-9-7-17-42(44)49)38-31-24-34-23-26-35-25-22-33-12-4-5-15-40(33)48(35)45(34)32-38/h1-32H. The summed E-state index contributed by atoms with van der Waals surface area (Å²) >= 11 is 0. The van der Waals surface area contributed by atoms with Crippen molar-refractivity contribution in [3.8, 4) is 39.3 Å². The average molecular weight is 673 g/mol. The molecular weight excluding hydrogens is 641 g/mol. The molecule has 11 rings (SSSR count). The van der Waals surface area contributed by atoms with Crippen molar-refractivity contribution in [1.82, 2.24) is 9.55 Å². The minimum absolute atomic E-state index is 0.936. The van der Waals surface area contributed by atoms with E-state index in [1.165, 1.54) is 76.1 Å². The molecule has 0 aliphatic rings. The van der Waals surface area contributed by atoms with Crippen molar-refractivity contribution in [3.63, 3.8) is 0 Å². The molecule has 0 aliphatic heterocycles. The fraction of sp³-hybridized carbons (Fsp3) is 0. The lowest BCUT2D eigenvalue weighted by molar-refractivity contribution is 1.10. The molecule has 0 amide bonds. The van der Waals surface area contributed by atoms with E-state index in [2.05, 4.69) is 199 Å². The normalized spacial score (nSPS) is 11.8. The third-order valence-corrected chi connectivity index (χ3v) is 11.0. The molecule has 1 heterocycles. The number of hydrogen-bond acceptors (Lipinski definition) is 1. The van der Waals surface area contributed by atoms with Crippen LogP contribution in [-0.2, 0) is 0 Å². The second-order valence-corrected chi connectivity index (χ2v) is 13.9. The van der Waals surface area contributed by atoms with Crippen LogP contribution in [0.2, 0.25) is 0 Å². The lowest BCUT2D eigenvalue weighted by atomic mass is 9.85. The molecule has 1 aromatic heterocycles. The lowest BCUT2D eigenvalue weighted by Gasteiger charge is -2.18. The Morgan fingerprint density at radius 2 is 0.830 bits per heavy atom. The highest BCUT2D eigenvalue weighted by Crippen LogP contribution is 2.45. The zero-order chi connectivity index (χ0) is 34.9. The van der Waals surface area contributed by atoms with Crippen LogP contribution in [0.4, 0.5) is 0 Å². The van der Waals surface area contributed by atoms with Crippen LogP contribution >= 0.6 is 0 Å². The number of imidazole rings is 1. The van der Waals surface area contributed by atoms with Gasteiger partial charge in [0.1, 0.15) is 5.82 Å². The van der Waals surface area contributed by atoms with Crippen LogP contribution < -0.4 is 0 Å². The van der Waals surface area contributed by atoms with Crippen molar-refractivity contribution in [2.24, 2.45) is 0 Å². The van der Waals surface area contributed by atoms with E-state index in [4.69, 9.17) is 4.98 Å². The van der Waals surface area contributed by atoms with Gasteiger partial charge in [-0.15, -0.1) is 0 Å². The minimum Gasteiger partial charge on any atom is -0.292 e. The Morgan fingerprint density at radius 3 is 1.53 bits per heavy atom. The first kappa shape index (κ1) is 29.7. The predicted molar refractivity (Wildman–Crippen MR) is 225 cm³/mol. The summed E-state index contributed by atoms with van der Waals surface area (Å²) in [6.45, 7) is 0. The Bertz CT molecular complexity index is 3150. The minimum atomic E-state index is 0.936. The van der Waals surface area contributed by atoms with Gasteiger partial charge in [0.05, 0.1) is 11.0 Å². The second kappa shape index (κ2) is 11.8. The van der Waals surface area contributed by atoms with E-state index in [9.17, 15) is 0 Å². The van der Waals surface area contributed by atoms with E-state index in [0.29, 0.717) is 0 Å². The third kappa shape index (κ3) is 4.63. The van der Waals surface area contributed by atoms with E-state index in [1.54, 1.807) is 0 Å². The molecule has 0 bridgehead atoms. The van der Waals surface area contributed by atoms with Gasteiger partial charge in [-0.2, -0.15) is 0 Å². The molecule has 0 unspecified atom stereocenters. The molecule has 0 spiro atoms. The summed E-state index contributed by atoms with van der Waals surface area (Å²) in [6, 6.07) is 70.5. The summed E-state index contributed by atoms with van der Waals surface area (Å²) in [4.78, 5) is 5.13. The van der Waals surface area contributed by atoms with Crippen LogP contribution in [0.3, 0.4) is 0 Å². The highest BCUT2D eigenvalue weighted by Gasteiger charge is 2.19. The van der Waals surface area contributed by atoms with Gasteiger partial charge in [-0.3, -0.25) is 4.57 Å². The molecule has 10 aromatic carbocycles. The quantitative estimate of drug-likeness (QED) is 0.134. The Morgan fingerprint density at radius 1 is 0.340 bits per heavy atom. The Balaban J connectivity index is 1.12. The molecular formula is C51H32N2. The highest BCUT2D eigenvalue weighted by molar-refractivity contribution is 6.24. The van der Waals surface area contributed by atoms with Gasteiger partial charge in [-0.1, -0.05) is 164 Å². The molecule has 2 heteroatoms. The van der Waals surface area contributed by atoms with Gasteiger partial charge in [0.2, 0.25) is 0 Å². The predicted octanol–water partition coefficient (Wildman–Crippen LogP) is 13.8. The zero-order valence-corrected chi connectivity index (χ0v) is 28.9. The fourth-order valence-corrected chi connectivity index (χ4v) is 8.58. The van der Waals surface area contributed by atoms with Crippen molar-refractivity contribution in [1.29, 1.82) is 0 Å². The summed E-state index contributed by atoms with van der Waals surface area (Å²) in [6.07, 6.45) is 0. The largest absolute Gasteiger partial charge is 0.292 e. The highest BCUT2D eigenvalue weighted by atomic mass is 15.1. The SMILES string of the molecule is c1ccc(-n2c(-c3ccc(-c4c5ccccc5c(-c5ccc6ccc7ccc8ccccc8c7c6c5)c5ccccc45)cc3)nc3ccccc32)cc1. The maximum absolute atomic E-state index is 5.13. The first-order valence-corrected chi connectivity index (χ1v) is 18.2. The number of rotatable bonds is 4. The molecule has 11 aromatic rings. The van der Waals surface area contributed by atoms with E-state index >= 15 is 0 Å². The Kier molecular flexibility index (Phi) is 6.59. The molecule has 246 valence electrons. The molecule has 0 aliphatic carbocycles. The van der Waals surface area contributed by atoms with Crippen LogP contribution in [0, 0.1) is 0 Å². The van der Waals surface area contributed by atoms with Gasteiger partial charge in [0.25, 0.3) is 0 Å². The Labute approximate surface area is 306 Å². The van der Waals surface area contributed by atoms with E-state index < -0.39 is 0 Å². The third-order valence-electron chi connectivity index (χ3n) is 11.0.